The van der Waals surface area contributed by atoms with Gasteiger partial charge in [0, 0.05) is 23.9 Å². The highest BCUT2D eigenvalue weighted by Crippen LogP contribution is 2.38. The van der Waals surface area contributed by atoms with E-state index in [0.29, 0.717) is 0 Å². The third kappa shape index (κ3) is 2.94. The van der Waals surface area contributed by atoms with Crippen molar-refractivity contribution in [1.82, 2.24) is 5.32 Å². The van der Waals surface area contributed by atoms with Crippen LogP contribution in [0.3, 0.4) is 0 Å². The van der Waals surface area contributed by atoms with E-state index in [9.17, 15) is 15.0 Å². The molecule has 2 aromatic rings. The van der Waals surface area contributed by atoms with Gasteiger partial charge in [-0.3, -0.25) is 4.79 Å². The van der Waals surface area contributed by atoms with Crippen molar-refractivity contribution in [1.29, 1.82) is 0 Å². The summed E-state index contributed by atoms with van der Waals surface area (Å²) in [6.45, 7) is 3.88. The highest BCUT2D eigenvalue weighted by molar-refractivity contribution is 5.85. The predicted octanol–water partition coefficient (Wildman–Crippen LogP) is 3.32. The molecule has 1 heterocycles. The Hall–Kier alpha value is -2.33. The second-order valence-corrected chi connectivity index (χ2v) is 6.28. The van der Waals surface area contributed by atoms with Crippen LogP contribution in [0.1, 0.15) is 37.1 Å². The molecule has 0 spiro atoms. The average Bonchev–Trinajstić information content (AvgIpc) is 2.55. The molecule has 1 saturated heterocycles. The molecule has 4 atom stereocenters. The second kappa shape index (κ2) is 6.05. The molecule has 3 rings (SSSR count). The number of carbonyl (C=O) groups excluding carboxylic acids is 1. The zero-order valence-electron chi connectivity index (χ0n) is 13.2. The van der Waals surface area contributed by atoms with Crippen LogP contribution in [-0.4, -0.2) is 16.0 Å². The number of phenols is 2. The van der Waals surface area contributed by atoms with Gasteiger partial charge in [0.25, 0.3) is 0 Å². The van der Waals surface area contributed by atoms with Crippen LogP contribution in [0.15, 0.2) is 48.5 Å². The summed E-state index contributed by atoms with van der Waals surface area (Å²) in [5.41, 5.74) is 1.97. The first kappa shape index (κ1) is 15.6. The minimum absolute atomic E-state index is 0.0990. The molecule has 4 nitrogen and oxygen atoms in total. The monoisotopic (exact) mass is 311 g/mol. The van der Waals surface area contributed by atoms with E-state index in [4.69, 9.17) is 0 Å². The van der Waals surface area contributed by atoms with E-state index >= 15 is 0 Å². The third-order valence-corrected chi connectivity index (χ3v) is 4.76. The lowest BCUT2D eigenvalue weighted by Gasteiger charge is -2.39. The lowest BCUT2D eigenvalue weighted by atomic mass is 9.76. The minimum Gasteiger partial charge on any atom is -0.508 e. The maximum absolute atomic E-state index is 12.7. The van der Waals surface area contributed by atoms with Crippen LogP contribution in [0.2, 0.25) is 0 Å². The highest BCUT2D eigenvalue weighted by Gasteiger charge is 2.40. The summed E-state index contributed by atoms with van der Waals surface area (Å²) in [4.78, 5) is 12.7. The summed E-state index contributed by atoms with van der Waals surface area (Å²) < 4.78 is 0. The second-order valence-electron chi connectivity index (χ2n) is 6.28. The van der Waals surface area contributed by atoms with Crippen molar-refractivity contribution in [2.24, 2.45) is 11.8 Å². The largest absolute Gasteiger partial charge is 0.508 e. The highest BCUT2D eigenvalue weighted by atomic mass is 16.3. The molecule has 0 radical (unpaired) electrons. The van der Waals surface area contributed by atoms with Gasteiger partial charge in [0.1, 0.15) is 17.3 Å². The molecule has 0 aliphatic carbocycles. The van der Waals surface area contributed by atoms with E-state index in [1.54, 1.807) is 24.3 Å². The van der Waals surface area contributed by atoms with E-state index < -0.39 is 0 Å². The van der Waals surface area contributed by atoms with E-state index in [0.717, 1.165) is 11.1 Å². The van der Waals surface area contributed by atoms with E-state index in [1.807, 2.05) is 38.1 Å². The first-order valence-electron chi connectivity index (χ1n) is 7.85. The van der Waals surface area contributed by atoms with Gasteiger partial charge in [-0.1, -0.05) is 38.1 Å². The summed E-state index contributed by atoms with van der Waals surface area (Å²) in [7, 11) is 0. The van der Waals surface area contributed by atoms with Crippen LogP contribution in [0.25, 0.3) is 0 Å². The van der Waals surface area contributed by atoms with E-state index in [-0.39, 0.29) is 41.2 Å². The average molecular weight is 311 g/mol. The van der Waals surface area contributed by atoms with Crippen LogP contribution >= 0.6 is 0 Å². The Bertz CT molecular complexity index is 634. The van der Waals surface area contributed by atoms with Gasteiger partial charge in [-0.25, -0.2) is 0 Å². The Morgan fingerprint density at radius 1 is 0.739 bits per heavy atom. The van der Waals surface area contributed by atoms with E-state index in [1.165, 1.54) is 0 Å². The number of rotatable bonds is 2. The standard InChI is InChI=1S/C19H21NO3/c1-11-17(13-3-7-15(21)8-4-13)20-18(12(2)19(11)23)14-5-9-16(22)10-6-14/h3-12,17-18,20-22H,1-2H3/t11-,12-,17-,18+/m0/s1. The molecule has 1 fully saturated rings. The number of hydrogen-bond acceptors (Lipinski definition) is 4. The number of benzene rings is 2. The Morgan fingerprint density at radius 2 is 1.09 bits per heavy atom. The number of piperidine rings is 1. The fourth-order valence-corrected chi connectivity index (χ4v) is 3.36. The minimum atomic E-state index is -0.136. The van der Waals surface area contributed by atoms with Crippen molar-refractivity contribution >= 4 is 5.78 Å². The van der Waals surface area contributed by atoms with Gasteiger partial charge in [-0.2, -0.15) is 0 Å². The molecule has 0 saturated carbocycles. The van der Waals surface area contributed by atoms with Gasteiger partial charge >= 0.3 is 0 Å². The van der Waals surface area contributed by atoms with Crippen LogP contribution in [-0.2, 0) is 4.79 Å². The van der Waals surface area contributed by atoms with Crippen LogP contribution in [0.4, 0.5) is 0 Å². The molecule has 0 unspecified atom stereocenters. The molecule has 4 heteroatoms. The van der Waals surface area contributed by atoms with Crippen LogP contribution in [0.5, 0.6) is 11.5 Å². The van der Waals surface area contributed by atoms with Crippen LogP contribution < -0.4 is 5.32 Å². The van der Waals surface area contributed by atoms with Crippen LogP contribution in [0, 0.1) is 11.8 Å². The molecule has 2 aromatic carbocycles. The SMILES string of the molecule is C[C@@H]1C(=O)[C@@H](C)[C@H](c2ccc(O)cc2)N[C@@H]1c1ccc(O)cc1. The number of phenolic OH excluding ortho intramolecular Hbond substituents is 2. The molecule has 0 aromatic heterocycles. The maximum atomic E-state index is 12.7. The third-order valence-electron chi connectivity index (χ3n) is 4.76. The van der Waals surface area contributed by atoms with Gasteiger partial charge in [0.05, 0.1) is 0 Å². The molecule has 3 N–H and O–H groups in total. The number of nitrogens with one attached hydrogen (secondary N) is 1. The molecule has 120 valence electrons. The zero-order chi connectivity index (χ0) is 16.6. The topological polar surface area (TPSA) is 69.6 Å². The van der Waals surface area contributed by atoms with Gasteiger partial charge < -0.3 is 15.5 Å². The lowest BCUT2D eigenvalue weighted by Crippen LogP contribution is -2.46. The normalized spacial score (nSPS) is 27.8. The Balaban J connectivity index is 1.94. The number of ketones is 1. The summed E-state index contributed by atoms with van der Waals surface area (Å²) in [6.07, 6.45) is 0. The molecule has 0 amide bonds. The molecular weight excluding hydrogens is 290 g/mol. The zero-order valence-corrected chi connectivity index (χ0v) is 13.2. The molecule has 1 aliphatic rings. The van der Waals surface area contributed by atoms with Gasteiger partial charge in [-0.15, -0.1) is 0 Å². The molecular formula is C19H21NO3. The molecule has 1 aliphatic heterocycles. The van der Waals surface area contributed by atoms with Crippen molar-refractivity contribution in [3.8, 4) is 11.5 Å². The van der Waals surface area contributed by atoms with Crippen molar-refractivity contribution in [3.05, 3.63) is 59.7 Å². The van der Waals surface area contributed by atoms with Crippen molar-refractivity contribution in [2.75, 3.05) is 0 Å². The first-order chi connectivity index (χ1) is 11.0. The summed E-state index contributed by atoms with van der Waals surface area (Å²) in [5, 5.41) is 22.5. The summed E-state index contributed by atoms with van der Waals surface area (Å²) >= 11 is 0. The number of aromatic hydroxyl groups is 2. The lowest BCUT2D eigenvalue weighted by molar-refractivity contribution is -0.130. The van der Waals surface area contributed by atoms with Crippen molar-refractivity contribution in [2.45, 2.75) is 25.9 Å². The quantitative estimate of drug-likeness (QED) is 0.796. The predicted molar refractivity (Wildman–Crippen MR) is 88.2 cm³/mol. The number of hydrogen-bond donors (Lipinski definition) is 3. The van der Waals surface area contributed by atoms with Crippen molar-refractivity contribution in [3.63, 3.8) is 0 Å². The summed E-state index contributed by atoms with van der Waals surface area (Å²) in [6, 6.07) is 13.8. The van der Waals surface area contributed by atoms with Gasteiger partial charge in [0.2, 0.25) is 0 Å². The van der Waals surface area contributed by atoms with E-state index in [2.05, 4.69) is 5.32 Å². The smallest absolute Gasteiger partial charge is 0.142 e. The maximum Gasteiger partial charge on any atom is 0.142 e. The summed E-state index contributed by atoms with van der Waals surface area (Å²) in [5.74, 6) is 0.379. The first-order valence-corrected chi connectivity index (χ1v) is 7.85. The Kier molecular flexibility index (Phi) is 4.09. The fourth-order valence-electron chi connectivity index (χ4n) is 3.36. The molecule has 0 bridgehead atoms. The Morgan fingerprint density at radius 3 is 1.43 bits per heavy atom. The van der Waals surface area contributed by atoms with Gasteiger partial charge in [-0.05, 0) is 35.4 Å². The van der Waals surface area contributed by atoms with Gasteiger partial charge in [0.15, 0.2) is 0 Å². The fraction of sp³-hybridized carbons (Fsp3) is 0.316. The number of Topliss-reactive ketones (excluding diaryl/α,β-unsaturated/α-hetero) is 1. The molecule has 23 heavy (non-hydrogen) atoms. The van der Waals surface area contributed by atoms with Crippen molar-refractivity contribution < 1.29 is 15.0 Å². The Labute approximate surface area is 135 Å². The number of carbonyl (C=O) groups is 1.